The van der Waals surface area contributed by atoms with Crippen LogP contribution >= 0.6 is 23.4 Å². The van der Waals surface area contributed by atoms with E-state index in [0.29, 0.717) is 5.56 Å². The lowest BCUT2D eigenvalue weighted by molar-refractivity contribution is 0.0746. The second-order valence-corrected chi connectivity index (χ2v) is 11.5. The molecule has 0 saturated carbocycles. The Kier molecular flexibility index (Phi) is 8.39. The van der Waals surface area contributed by atoms with Gasteiger partial charge < -0.3 is 9.80 Å². The average molecular weight is 554 g/mol. The van der Waals surface area contributed by atoms with E-state index >= 15 is 0 Å². The van der Waals surface area contributed by atoms with Crippen molar-refractivity contribution in [3.05, 3.63) is 118 Å². The van der Waals surface area contributed by atoms with Gasteiger partial charge >= 0.3 is 0 Å². The Balaban J connectivity index is 0.000000332. The Morgan fingerprint density at radius 3 is 2.23 bits per heavy atom. The first-order valence-corrected chi connectivity index (χ1v) is 14.4. The van der Waals surface area contributed by atoms with Gasteiger partial charge in [-0.25, -0.2) is 0 Å². The van der Waals surface area contributed by atoms with E-state index in [2.05, 4.69) is 54.1 Å². The summed E-state index contributed by atoms with van der Waals surface area (Å²) >= 11 is 7.31. The fourth-order valence-corrected chi connectivity index (χ4v) is 5.90. The van der Waals surface area contributed by atoms with Crippen LogP contribution in [0.5, 0.6) is 0 Å². The van der Waals surface area contributed by atoms with Gasteiger partial charge in [0.15, 0.2) is 0 Å². The second-order valence-electron chi connectivity index (χ2n) is 9.95. The maximum atomic E-state index is 13.2. The molecule has 0 radical (unpaired) electrons. The van der Waals surface area contributed by atoms with Crippen molar-refractivity contribution < 1.29 is 4.79 Å². The monoisotopic (exact) mass is 553 g/mol. The minimum Gasteiger partial charge on any atom is -0.368 e. The molecule has 0 bridgehead atoms. The van der Waals surface area contributed by atoms with E-state index in [9.17, 15) is 4.79 Å². The van der Waals surface area contributed by atoms with E-state index in [1.807, 2.05) is 72.6 Å². The van der Waals surface area contributed by atoms with Crippen molar-refractivity contribution in [1.29, 1.82) is 0 Å². The molecular formula is C33H32ClN3OS. The van der Waals surface area contributed by atoms with Gasteiger partial charge in [-0.2, -0.15) is 0 Å². The maximum Gasteiger partial charge on any atom is 0.254 e. The standard InChI is InChI=1S/C26H25N3OS.C7H7Cl/c1-18-7-9-23(19(2)15-18)28-11-13-29(14-12-28)26(30)20-8-10-25-22(16-20)27-17-21-5-3-4-6-24(21)31-25;1-6-2-4-7(8)5-3-6/h3-10,15-17H,11-14H2,1-2H3;2-5H,1H3. The van der Waals surface area contributed by atoms with Crippen LogP contribution in [0.25, 0.3) is 0 Å². The van der Waals surface area contributed by atoms with Gasteiger partial charge in [0.2, 0.25) is 0 Å². The zero-order valence-electron chi connectivity index (χ0n) is 22.5. The number of anilines is 1. The van der Waals surface area contributed by atoms with Gasteiger partial charge in [-0.1, -0.05) is 77.0 Å². The molecule has 2 aliphatic heterocycles. The Morgan fingerprint density at radius 2 is 1.51 bits per heavy atom. The lowest BCUT2D eigenvalue weighted by Crippen LogP contribution is -2.49. The molecule has 2 heterocycles. The largest absolute Gasteiger partial charge is 0.368 e. The van der Waals surface area contributed by atoms with Crippen molar-refractivity contribution in [2.75, 3.05) is 31.1 Å². The molecule has 198 valence electrons. The highest BCUT2D eigenvalue weighted by molar-refractivity contribution is 7.99. The molecule has 0 aliphatic carbocycles. The molecule has 39 heavy (non-hydrogen) atoms. The summed E-state index contributed by atoms with van der Waals surface area (Å²) in [6, 6.07) is 28.5. The number of benzene rings is 4. The molecular weight excluding hydrogens is 522 g/mol. The molecule has 2 aliphatic rings. The smallest absolute Gasteiger partial charge is 0.254 e. The Morgan fingerprint density at radius 1 is 0.795 bits per heavy atom. The summed E-state index contributed by atoms with van der Waals surface area (Å²) in [5.41, 5.74) is 7.77. The number of rotatable bonds is 2. The second kappa shape index (κ2) is 12.1. The zero-order valence-corrected chi connectivity index (χ0v) is 24.1. The van der Waals surface area contributed by atoms with E-state index in [1.165, 1.54) is 27.3 Å². The number of nitrogens with zero attached hydrogens (tertiary/aromatic N) is 3. The van der Waals surface area contributed by atoms with Crippen LogP contribution in [0.2, 0.25) is 5.02 Å². The Bertz CT molecular complexity index is 1490. The molecule has 1 fully saturated rings. The third-order valence-corrected chi connectivity index (χ3v) is 8.37. The van der Waals surface area contributed by atoms with Gasteiger partial charge in [-0.15, -0.1) is 0 Å². The minimum atomic E-state index is 0.0880. The Labute approximate surface area is 240 Å². The van der Waals surface area contributed by atoms with Crippen LogP contribution in [0.15, 0.2) is 99.7 Å². The van der Waals surface area contributed by atoms with Crippen molar-refractivity contribution >= 4 is 46.9 Å². The number of aliphatic imine (C=N–C) groups is 1. The minimum absolute atomic E-state index is 0.0880. The predicted molar refractivity (Wildman–Crippen MR) is 164 cm³/mol. The first-order chi connectivity index (χ1) is 18.9. The summed E-state index contributed by atoms with van der Waals surface area (Å²) in [4.78, 5) is 24.5. The summed E-state index contributed by atoms with van der Waals surface area (Å²) in [7, 11) is 0. The third-order valence-electron chi connectivity index (χ3n) is 6.96. The summed E-state index contributed by atoms with van der Waals surface area (Å²) < 4.78 is 0. The van der Waals surface area contributed by atoms with Crippen molar-refractivity contribution in [3.8, 4) is 0 Å². The normalized spacial score (nSPS) is 14.1. The number of hydrogen-bond acceptors (Lipinski definition) is 4. The summed E-state index contributed by atoms with van der Waals surface area (Å²) in [6.45, 7) is 9.48. The SMILES string of the molecule is Cc1ccc(Cl)cc1.Cc1ccc(N2CCN(C(=O)c3ccc4c(c3)N=Cc3ccccc3S4)CC2)c(C)c1. The van der Waals surface area contributed by atoms with Crippen molar-refractivity contribution in [2.45, 2.75) is 30.6 Å². The summed E-state index contributed by atoms with van der Waals surface area (Å²) in [6.07, 6.45) is 1.89. The van der Waals surface area contributed by atoms with Gasteiger partial charge in [-0.3, -0.25) is 9.79 Å². The highest BCUT2D eigenvalue weighted by Gasteiger charge is 2.24. The molecule has 6 rings (SSSR count). The molecule has 0 aromatic heterocycles. The Hall–Kier alpha value is -3.54. The number of carbonyl (C=O) groups excluding carboxylic acids is 1. The number of aryl methyl sites for hydroxylation is 3. The molecule has 1 saturated heterocycles. The zero-order chi connectivity index (χ0) is 27.4. The van der Waals surface area contributed by atoms with Crippen molar-refractivity contribution in [3.63, 3.8) is 0 Å². The van der Waals surface area contributed by atoms with Gasteiger partial charge in [0.25, 0.3) is 5.91 Å². The molecule has 4 aromatic rings. The maximum absolute atomic E-state index is 13.2. The molecule has 0 N–H and O–H groups in total. The van der Waals surface area contributed by atoms with Gasteiger partial charge in [-0.05, 0) is 68.8 Å². The highest BCUT2D eigenvalue weighted by atomic mass is 35.5. The highest BCUT2D eigenvalue weighted by Crippen LogP contribution is 2.39. The van der Waals surface area contributed by atoms with Crippen molar-refractivity contribution in [2.24, 2.45) is 4.99 Å². The number of hydrogen-bond donors (Lipinski definition) is 0. The van der Waals surface area contributed by atoms with E-state index in [1.54, 1.807) is 11.8 Å². The lowest BCUT2D eigenvalue weighted by Gasteiger charge is -2.37. The van der Waals surface area contributed by atoms with Crippen LogP contribution in [-0.2, 0) is 0 Å². The van der Waals surface area contributed by atoms with E-state index in [0.717, 1.165) is 47.3 Å². The number of carbonyl (C=O) groups is 1. The number of fused-ring (bicyclic) bond motifs is 2. The number of piperazine rings is 1. The van der Waals surface area contributed by atoms with Crippen LogP contribution in [0.4, 0.5) is 11.4 Å². The predicted octanol–water partition coefficient (Wildman–Crippen LogP) is 8.13. The molecule has 4 nitrogen and oxygen atoms in total. The molecule has 0 spiro atoms. The van der Waals surface area contributed by atoms with E-state index in [-0.39, 0.29) is 5.91 Å². The first kappa shape index (κ1) is 27.0. The lowest BCUT2D eigenvalue weighted by atomic mass is 10.1. The molecule has 1 amide bonds. The van der Waals surface area contributed by atoms with Crippen LogP contribution in [0, 0.1) is 20.8 Å². The first-order valence-electron chi connectivity index (χ1n) is 13.2. The molecule has 0 unspecified atom stereocenters. The third kappa shape index (κ3) is 6.55. The quantitative estimate of drug-likeness (QED) is 0.221. The van der Waals surface area contributed by atoms with Crippen LogP contribution in [0.3, 0.4) is 0 Å². The van der Waals surface area contributed by atoms with Gasteiger partial charge in [0.1, 0.15) is 0 Å². The van der Waals surface area contributed by atoms with Crippen molar-refractivity contribution in [1.82, 2.24) is 4.90 Å². The van der Waals surface area contributed by atoms with Crippen LogP contribution < -0.4 is 4.90 Å². The van der Waals surface area contributed by atoms with Crippen LogP contribution in [0.1, 0.15) is 32.6 Å². The van der Waals surface area contributed by atoms with E-state index in [4.69, 9.17) is 11.6 Å². The summed E-state index contributed by atoms with van der Waals surface area (Å²) in [5, 5.41) is 0.801. The average Bonchev–Trinajstić information content (AvgIpc) is 3.14. The number of halogens is 1. The molecule has 4 aromatic carbocycles. The van der Waals surface area contributed by atoms with Gasteiger partial charge in [0.05, 0.1) is 5.69 Å². The van der Waals surface area contributed by atoms with Gasteiger partial charge in [0, 0.05) is 64.0 Å². The fourth-order valence-electron chi connectivity index (χ4n) is 4.80. The topological polar surface area (TPSA) is 35.9 Å². The summed E-state index contributed by atoms with van der Waals surface area (Å²) in [5.74, 6) is 0.0880. The van der Waals surface area contributed by atoms with Crippen LogP contribution in [-0.4, -0.2) is 43.2 Å². The number of amides is 1. The fraction of sp³-hybridized carbons (Fsp3) is 0.212. The molecule has 0 atom stereocenters. The van der Waals surface area contributed by atoms with E-state index < -0.39 is 0 Å². The molecule has 6 heteroatoms.